The second-order valence-electron chi connectivity index (χ2n) is 5.99. The van der Waals surface area contributed by atoms with E-state index in [0.717, 1.165) is 23.7 Å². The van der Waals surface area contributed by atoms with Crippen LogP contribution in [0.4, 0.5) is 0 Å². The van der Waals surface area contributed by atoms with Crippen LogP contribution in [0, 0.1) is 6.92 Å². The lowest BCUT2D eigenvalue weighted by atomic mass is 10.2. The third-order valence-electron chi connectivity index (χ3n) is 3.99. The Balaban J connectivity index is 1.52. The second-order valence-corrected chi connectivity index (χ2v) is 5.99. The number of aryl methyl sites for hydroxylation is 2. The minimum atomic E-state index is -0.586. The molecular weight excluding hydrogens is 296 g/mol. The van der Waals surface area contributed by atoms with Gasteiger partial charge in [0.2, 0.25) is 0 Å². The maximum absolute atomic E-state index is 11.8. The summed E-state index contributed by atoms with van der Waals surface area (Å²) in [7, 11) is 1.66. The molecule has 2 aromatic rings. The van der Waals surface area contributed by atoms with Gasteiger partial charge in [-0.05, 0) is 24.6 Å². The zero-order valence-corrected chi connectivity index (χ0v) is 13.5. The van der Waals surface area contributed by atoms with E-state index in [4.69, 9.17) is 4.74 Å². The van der Waals surface area contributed by atoms with Gasteiger partial charge in [-0.25, -0.2) is 9.48 Å². The summed E-state index contributed by atoms with van der Waals surface area (Å²) < 4.78 is 8.68. The number of aromatic nitrogens is 3. The Hall–Kier alpha value is -2.12. The van der Waals surface area contributed by atoms with Crippen molar-refractivity contribution in [2.75, 3.05) is 19.7 Å². The van der Waals surface area contributed by atoms with Gasteiger partial charge in [0.15, 0.2) is 0 Å². The summed E-state index contributed by atoms with van der Waals surface area (Å²) in [6.07, 6.45) is -0.586. The van der Waals surface area contributed by atoms with Gasteiger partial charge in [0, 0.05) is 26.7 Å². The first-order valence-electron chi connectivity index (χ1n) is 7.75. The highest BCUT2D eigenvalue weighted by molar-refractivity contribution is 5.27. The maximum atomic E-state index is 11.8. The molecule has 3 rings (SSSR count). The molecule has 0 saturated heterocycles. The Morgan fingerprint density at radius 1 is 1.39 bits per heavy atom. The number of rotatable bonds is 5. The lowest BCUT2D eigenvalue weighted by molar-refractivity contribution is 0.0581. The van der Waals surface area contributed by atoms with Crippen LogP contribution in [-0.2, 0) is 20.1 Å². The van der Waals surface area contributed by atoms with Gasteiger partial charge in [0.25, 0.3) is 0 Å². The Morgan fingerprint density at radius 3 is 3.00 bits per heavy atom. The van der Waals surface area contributed by atoms with Crippen molar-refractivity contribution in [1.82, 2.24) is 19.2 Å². The average molecular weight is 318 g/mol. The first-order valence-corrected chi connectivity index (χ1v) is 7.75. The van der Waals surface area contributed by atoms with Gasteiger partial charge in [0.1, 0.15) is 24.3 Å². The Bertz CT molecular complexity index is 737. The fourth-order valence-electron chi connectivity index (χ4n) is 2.82. The summed E-state index contributed by atoms with van der Waals surface area (Å²) in [5.74, 6) is 1.51. The van der Waals surface area contributed by atoms with E-state index in [9.17, 15) is 9.90 Å². The summed E-state index contributed by atoms with van der Waals surface area (Å²) in [5.41, 5.74) is 1.05. The van der Waals surface area contributed by atoms with Crippen LogP contribution in [-0.4, -0.2) is 50.2 Å². The van der Waals surface area contributed by atoms with E-state index in [-0.39, 0.29) is 12.3 Å². The van der Waals surface area contributed by atoms with E-state index in [1.807, 2.05) is 31.2 Å². The Kier molecular flexibility index (Phi) is 4.49. The first kappa shape index (κ1) is 15.8. The fraction of sp³-hybridized carbons (Fsp3) is 0.500. The van der Waals surface area contributed by atoms with Gasteiger partial charge in [-0.15, -0.1) is 0 Å². The SMILES string of the molecule is Cc1cccc(OCC(O)CN2CCn3c(nn(C)c3=O)C2)c1. The molecule has 1 aromatic heterocycles. The summed E-state index contributed by atoms with van der Waals surface area (Å²) >= 11 is 0. The highest BCUT2D eigenvalue weighted by Gasteiger charge is 2.22. The van der Waals surface area contributed by atoms with E-state index in [2.05, 4.69) is 10.00 Å². The molecule has 0 amide bonds. The van der Waals surface area contributed by atoms with Crippen LogP contribution in [0.1, 0.15) is 11.4 Å². The summed E-state index contributed by atoms with van der Waals surface area (Å²) in [4.78, 5) is 13.9. The number of fused-ring (bicyclic) bond motifs is 1. The van der Waals surface area contributed by atoms with Crippen molar-refractivity contribution in [3.05, 3.63) is 46.1 Å². The zero-order valence-electron chi connectivity index (χ0n) is 13.5. The number of β-amino-alcohol motifs (C(OH)–C–C–N with tert-alkyl or cyclic N) is 1. The molecule has 1 aliphatic heterocycles. The number of hydrogen-bond donors (Lipinski definition) is 1. The molecule has 0 saturated carbocycles. The number of benzene rings is 1. The molecule has 1 aromatic carbocycles. The molecule has 124 valence electrons. The van der Waals surface area contributed by atoms with E-state index >= 15 is 0 Å². The minimum Gasteiger partial charge on any atom is -0.491 e. The second kappa shape index (κ2) is 6.55. The lowest BCUT2D eigenvalue weighted by Gasteiger charge is -2.28. The molecule has 7 heteroatoms. The van der Waals surface area contributed by atoms with E-state index < -0.39 is 6.10 Å². The van der Waals surface area contributed by atoms with Gasteiger partial charge in [-0.2, -0.15) is 5.10 Å². The van der Waals surface area contributed by atoms with Crippen LogP contribution in [0.3, 0.4) is 0 Å². The number of aliphatic hydroxyl groups excluding tert-OH is 1. The van der Waals surface area contributed by atoms with Crippen molar-refractivity contribution in [3.63, 3.8) is 0 Å². The predicted molar refractivity (Wildman–Crippen MR) is 85.4 cm³/mol. The summed E-state index contributed by atoms with van der Waals surface area (Å²) in [6.45, 7) is 4.64. The van der Waals surface area contributed by atoms with E-state index in [1.165, 1.54) is 4.68 Å². The normalized spacial score (nSPS) is 16.1. The highest BCUT2D eigenvalue weighted by Crippen LogP contribution is 2.13. The molecule has 0 spiro atoms. The number of nitrogens with zero attached hydrogens (tertiary/aromatic N) is 4. The molecule has 1 unspecified atom stereocenters. The zero-order chi connectivity index (χ0) is 16.4. The monoisotopic (exact) mass is 318 g/mol. The molecule has 1 N–H and O–H groups in total. The smallest absolute Gasteiger partial charge is 0.345 e. The molecule has 0 fully saturated rings. The van der Waals surface area contributed by atoms with Gasteiger partial charge >= 0.3 is 5.69 Å². The molecule has 7 nitrogen and oxygen atoms in total. The van der Waals surface area contributed by atoms with Gasteiger partial charge < -0.3 is 9.84 Å². The number of hydrogen-bond acceptors (Lipinski definition) is 5. The average Bonchev–Trinajstić information content (AvgIpc) is 2.80. The van der Waals surface area contributed by atoms with Crippen molar-refractivity contribution in [1.29, 1.82) is 0 Å². The van der Waals surface area contributed by atoms with Crippen molar-refractivity contribution < 1.29 is 9.84 Å². The number of aliphatic hydroxyl groups is 1. The quantitative estimate of drug-likeness (QED) is 0.849. The maximum Gasteiger partial charge on any atom is 0.345 e. The molecule has 23 heavy (non-hydrogen) atoms. The number of ether oxygens (including phenoxy) is 1. The van der Waals surface area contributed by atoms with Gasteiger partial charge in [-0.1, -0.05) is 12.1 Å². The fourth-order valence-corrected chi connectivity index (χ4v) is 2.82. The van der Waals surface area contributed by atoms with E-state index in [0.29, 0.717) is 19.6 Å². The van der Waals surface area contributed by atoms with E-state index in [1.54, 1.807) is 11.6 Å². The van der Waals surface area contributed by atoms with Crippen LogP contribution >= 0.6 is 0 Å². The van der Waals surface area contributed by atoms with Crippen molar-refractivity contribution in [3.8, 4) is 5.75 Å². The lowest BCUT2D eigenvalue weighted by Crippen LogP contribution is -2.42. The summed E-state index contributed by atoms with van der Waals surface area (Å²) in [6, 6.07) is 7.76. The molecule has 0 aliphatic carbocycles. The molecular formula is C16H22N4O3. The minimum absolute atomic E-state index is 0.0806. The van der Waals surface area contributed by atoms with Crippen LogP contribution in [0.15, 0.2) is 29.1 Å². The van der Waals surface area contributed by atoms with Crippen molar-refractivity contribution in [2.45, 2.75) is 26.1 Å². The van der Waals surface area contributed by atoms with Crippen LogP contribution in [0.25, 0.3) is 0 Å². The summed E-state index contributed by atoms with van der Waals surface area (Å²) in [5, 5.41) is 14.4. The molecule has 1 aliphatic rings. The molecule has 1 atom stereocenters. The molecule has 0 radical (unpaired) electrons. The Labute approximate surface area is 134 Å². The topological polar surface area (TPSA) is 72.5 Å². The first-order chi connectivity index (χ1) is 11.0. The highest BCUT2D eigenvalue weighted by atomic mass is 16.5. The van der Waals surface area contributed by atoms with Gasteiger partial charge in [-0.3, -0.25) is 9.47 Å². The van der Waals surface area contributed by atoms with Crippen LogP contribution in [0.2, 0.25) is 0 Å². The van der Waals surface area contributed by atoms with Crippen molar-refractivity contribution >= 4 is 0 Å². The third-order valence-corrected chi connectivity index (χ3v) is 3.99. The third kappa shape index (κ3) is 3.62. The largest absolute Gasteiger partial charge is 0.491 e. The molecule has 2 heterocycles. The standard InChI is InChI=1S/C16H22N4O3/c1-12-4-3-5-14(8-12)23-11-13(21)9-19-6-7-20-15(10-19)17-18(2)16(20)22/h3-5,8,13,21H,6-7,9-11H2,1-2H3. The van der Waals surface area contributed by atoms with Gasteiger partial charge in [0.05, 0.1) is 6.54 Å². The Morgan fingerprint density at radius 2 is 2.22 bits per heavy atom. The predicted octanol–water partition coefficient (Wildman–Crippen LogP) is 0.146. The molecule has 0 bridgehead atoms. The van der Waals surface area contributed by atoms with Crippen LogP contribution < -0.4 is 10.4 Å². The van der Waals surface area contributed by atoms with Crippen molar-refractivity contribution in [2.24, 2.45) is 7.05 Å². The van der Waals surface area contributed by atoms with Crippen LogP contribution in [0.5, 0.6) is 5.75 Å².